The van der Waals surface area contributed by atoms with Crippen LogP contribution >= 0.6 is 0 Å². The zero-order valence-corrected chi connectivity index (χ0v) is 9.91. The Balaban J connectivity index is 2.01. The minimum atomic E-state index is -3.54. The van der Waals surface area contributed by atoms with Crippen LogP contribution in [0.1, 0.15) is 12.8 Å². The number of ether oxygens (including phenoxy) is 1. The van der Waals surface area contributed by atoms with Crippen molar-refractivity contribution in [1.82, 2.24) is 4.98 Å². The average molecular weight is 260 g/mol. The fourth-order valence-corrected chi connectivity index (χ4v) is 2.95. The monoisotopic (exact) mass is 260 g/mol. The molecule has 1 aliphatic heterocycles. The maximum Gasteiger partial charge on any atom is 0.236 e. The first kappa shape index (κ1) is 12.3. The maximum absolute atomic E-state index is 12.8. The van der Waals surface area contributed by atoms with E-state index in [2.05, 4.69) is 9.71 Å². The Morgan fingerprint density at radius 2 is 2.35 bits per heavy atom. The van der Waals surface area contributed by atoms with Crippen molar-refractivity contribution in [2.75, 3.05) is 17.1 Å². The van der Waals surface area contributed by atoms with E-state index in [1.165, 1.54) is 12.1 Å². The van der Waals surface area contributed by atoms with E-state index in [1.807, 2.05) is 0 Å². The molecular formula is C10H13FN2O3S. The van der Waals surface area contributed by atoms with Gasteiger partial charge in [-0.05, 0) is 25.0 Å². The Hall–Kier alpha value is -1.21. The van der Waals surface area contributed by atoms with Crippen LogP contribution in [0.5, 0.6) is 0 Å². The van der Waals surface area contributed by atoms with E-state index in [0.29, 0.717) is 6.61 Å². The van der Waals surface area contributed by atoms with E-state index in [0.717, 1.165) is 18.9 Å². The van der Waals surface area contributed by atoms with Crippen molar-refractivity contribution in [3.8, 4) is 0 Å². The van der Waals surface area contributed by atoms with Crippen LogP contribution < -0.4 is 4.72 Å². The van der Waals surface area contributed by atoms with Crippen molar-refractivity contribution in [2.45, 2.75) is 18.9 Å². The largest absolute Gasteiger partial charge is 0.377 e. The molecule has 1 unspecified atom stereocenters. The molecule has 1 fully saturated rings. The number of anilines is 1. The lowest BCUT2D eigenvalue weighted by atomic mass is 10.3. The van der Waals surface area contributed by atoms with Crippen LogP contribution in [0, 0.1) is 5.95 Å². The topological polar surface area (TPSA) is 68.3 Å². The Labute approximate surface area is 99.1 Å². The third-order valence-corrected chi connectivity index (χ3v) is 3.74. The molecule has 0 aliphatic carbocycles. The van der Waals surface area contributed by atoms with Gasteiger partial charge in [0.05, 0.1) is 11.9 Å². The van der Waals surface area contributed by atoms with E-state index in [1.54, 1.807) is 0 Å². The summed E-state index contributed by atoms with van der Waals surface area (Å²) in [5, 5.41) is 0. The van der Waals surface area contributed by atoms with E-state index in [-0.39, 0.29) is 17.7 Å². The Bertz CT molecular complexity index is 486. The summed E-state index contributed by atoms with van der Waals surface area (Å²) in [4.78, 5) is 3.44. The number of aromatic nitrogens is 1. The normalized spacial score (nSPS) is 20.4. The molecule has 94 valence electrons. The minimum Gasteiger partial charge on any atom is -0.377 e. The van der Waals surface area contributed by atoms with Crippen molar-refractivity contribution >= 4 is 15.8 Å². The Morgan fingerprint density at radius 1 is 1.53 bits per heavy atom. The first-order valence-electron chi connectivity index (χ1n) is 5.30. The van der Waals surface area contributed by atoms with Gasteiger partial charge in [0.1, 0.15) is 5.82 Å². The molecule has 1 N–H and O–H groups in total. The molecule has 0 radical (unpaired) electrons. The second-order valence-corrected chi connectivity index (χ2v) is 5.63. The highest BCUT2D eigenvalue weighted by molar-refractivity contribution is 7.92. The third-order valence-electron chi connectivity index (χ3n) is 2.40. The summed E-state index contributed by atoms with van der Waals surface area (Å²) in [5.74, 6) is -0.851. The van der Waals surface area contributed by atoms with E-state index in [9.17, 15) is 12.8 Å². The third kappa shape index (κ3) is 3.64. The first-order chi connectivity index (χ1) is 8.05. The van der Waals surface area contributed by atoms with Gasteiger partial charge in [-0.15, -0.1) is 0 Å². The predicted octanol–water partition coefficient (Wildman–Crippen LogP) is 1.14. The van der Waals surface area contributed by atoms with Gasteiger partial charge in [-0.3, -0.25) is 4.72 Å². The number of nitrogens with one attached hydrogen (secondary N) is 1. The van der Waals surface area contributed by atoms with Gasteiger partial charge in [0, 0.05) is 6.61 Å². The molecule has 2 heterocycles. The zero-order chi connectivity index (χ0) is 12.3. The quantitative estimate of drug-likeness (QED) is 0.824. The van der Waals surface area contributed by atoms with Gasteiger partial charge in [0.15, 0.2) is 0 Å². The number of sulfonamides is 1. The van der Waals surface area contributed by atoms with Gasteiger partial charge in [0.25, 0.3) is 0 Å². The SMILES string of the molecule is O=S(=O)(CC1CCCO1)Nc1cccc(F)n1. The van der Waals surface area contributed by atoms with Crippen LogP contribution in [0.15, 0.2) is 18.2 Å². The van der Waals surface area contributed by atoms with Gasteiger partial charge < -0.3 is 4.74 Å². The van der Waals surface area contributed by atoms with Crippen molar-refractivity contribution in [3.05, 3.63) is 24.1 Å². The van der Waals surface area contributed by atoms with Gasteiger partial charge in [-0.2, -0.15) is 4.39 Å². The molecule has 0 spiro atoms. The summed E-state index contributed by atoms with van der Waals surface area (Å²) < 4.78 is 43.7. The van der Waals surface area contributed by atoms with E-state index < -0.39 is 16.0 Å². The summed E-state index contributed by atoms with van der Waals surface area (Å²) in [7, 11) is -3.54. The molecule has 5 nitrogen and oxygen atoms in total. The Morgan fingerprint density at radius 3 is 3.00 bits per heavy atom. The lowest BCUT2D eigenvalue weighted by molar-refractivity contribution is 0.127. The number of nitrogens with zero attached hydrogens (tertiary/aromatic N) is 1. The first-order valence-corrected chi connectivity index (χ1v) is 6.95. The molecule has 0 amide bonds. The fourth-order valence-electron chi connectivity index (χ4n) is 1.69. The summed E-state index contributed by atoms with van der Waals surface area (Å²) in [5.41, 5.74) is 0. The van der Waals surface area contributed by atoms with Crippen LogP contribution in [0.4, 0.5) is 10.2 Å². The predicted molar refractivity (Wildman–Crippen MR) is 60.6 cm³/mol. The van der Waals surface area contributed by atoms with Gasteiger partial charge in [-0.1, -0.05) is 6.07 Å². The second-order valence-electron chi connectivity index (χ2n) is 3.86. The molecule has 17 heavy (non-hydrogen) atoms. The second kappa shape index (κ2) is 4.97. The number of pyridine rings is 1. The molecule has 0 aromatic carbocycles. The van der Waals surface area contributed by atoms with Gasteiger partial charge in [0.2, 0.25) is 16.0 Å². The smallest absolute Gasteiger partial charge is 0.236 e. The summed E-state index contributed by atoms with van der Waals surface area (Å²) >= 11 is 0. The molecule has 1 aromatic rings. The molecule has 2 rings (SSSR count). The van der Waals surface area contributed by atoms with Crippen molar-refractivity contribution < 1.29 is 17.5 Å². The lowest BCUT2D eigenvalue weighted by Crippen LogP contribution is -2.26. The van der Waals surface area contributed by atoms with Gasteiger partial charge in [-0.25, -0.2) is 13.4 Å². The highest BCUT2D eigenvalue weighted by Gasteiger charge is 2.23. The molecule has 0 saturated carbocycles. The lowest BCUT2D eigenvalue weighted by Gasteiger charge is -2.11. The van der Waals surface area contributed by atoms with Crippen LogP contribution in [-0.2, 0) is 14.8 Å². The van der Waals surface area contributed by atoms with Crippen molar-refractivity contribution in [1.29, 1.82) is 0 Å². The van der Waals surface area contributed by atoms with Gasteiger partial charge >= 0.3 is 0 Å². The van der Waals surface area contributed by atoms with Crippen molar-refractivity contribution in [3.63, 3.8) is 0 Å². The molecule has 1 saturated heterocycles. The van der Waals surface area contributed by atoms with Crippen LogP contribution in [0.25, 0.3) is 0 Å². The van der Waals surface area contributed by atoms with Crippen molar-refractivity contribution in [2.24, 2.45) is 0 Å². The molecule has 0 bridgehead atoms. The number of hydrogen-bond donors (Lipinski definition) is 1. The average Bonchev–Trinajstić information content (AvgIpc) is 2.68. The Kier molecular flexibility index (Phi) is 3.58. The summed E-state index contributed by atoms with van der Waals surface area (Å²) in [6, 6.07) is 3.94. The molecule has 7 heteroatoms. The minimum absolute atomic E-state index is 0.0111. The molecule has 1 aromatic heterocycles. The summed E-state index contributed by atoms with van der Waals surface area (Å²) in [6.07, 6.45) is 1.33. The van der Waals surface area contributed by atoms with Crippen LogP contribution in [0.2, 0.25) is 0 Å². The zero-order valence-electron chi connectivity index (χ0n) is 9.10. The van der Waals surface area contributed by atoms with E-state index in [4.69, 9.17) is 4.74 Å². The highest BCUT2D eigenvalue weighted by Crippen LogP contribution is 2.15. The van der Waals surface area contributed by atoms with Crippen LogP contribution in [-0.4, -0.2) is 31.9 Å². The fraction of sp³-hybridized carbons (Fsp3) is 0.500. The molecular weight excluding hydrogens is 247 g/mol. The summed E-state index contributed by atoms with van der Waals surface area (Å²) in [6.45, 7) is 0.596. The number of rotatable bonds is 4. The maximum atomic E-state index is 12.8. The number of halogens is 1. The molecule has 1 aliphatic rings. The van der Waals surface area contributed by atoms with Crippen LogP contribution in [0.3, 0.4) is 0 Å². The highest BCUT2D eigenvalue weighted by atomic mass is 32.2. The standard InChI is InChI=1S/C10H13FN2O3S/c11-9-4-1-5-10(12-9)13-17(14,15)7-8-3-2-6-16-8/h1,4-5,8H,2-3,6-7H2,(H,12,13). The van der Waals surface area contributed by atoms with E-state index >= 15 is 0 Å². The molecule has 1 atom stereocenters. The number of hydrogen-bond acceptors (Lipinski definition) is 4.